The molecule has 1 fully saturated rings. The molecule has 1 aromatic carbocycles. The monoisotopic (exact) mass is 561 g/mol. The summed E-state index contributed by atoms with van der Waals surface area (Å²) in [4.78, 5) is 34.1. The second-order valence-electron chi connectivity index (χ2n) is 9.71. The maximum Gasteiger partial charge on any atom is 0.446 e. The zero-order valence-corrected chi connectivity index (χ0v) is 21.0. The SMILES string of the molecule is C.Cc1ccc(CO)c2c1[C@]13CCN(C)[C@H](C)[C@]1(O)CC=C(OC(=O)C[C@@H](O)C(=O)O)[C@@H]3O2.O=CC(F)(F)F. The summed E-state index contributed by atoms with van der Waals surface area (Å²) in [7, 11) is 1.95. The highest BCUT2D eigenvalue weighted by molar-refractivity contribution is 5.81. The summed E-state index contributed by atoms with van der Waals surface area (Å²) in [6, 6.07) is 3.44. The van der Waals surface area contributed by atoms with Crippen LogP contribution >= 0.6 is 0 Å². The van der Waals surface area contributed by atoms with Crippen LogP contribution in [0.5, 0.6) is 5.75 Å². The van der Waals surface area contributed by atoms with Gasteiger partial charge in [-0.2, -0.15) is 13.2 Å². The van der Waals surface area contributed by atoms with Gasteiger partial charge < -0.3 is 34.8 Å². The number of piperidine rings is 1. The van der Waals surface area contributed by atoms with Gasteiger partial charge >= 0.3 is 18.1 Å². The molecule has 0 bridgehead atoms. The molecule has 0 unspecified atom stereocenters. The number of nitrogens with zero attached hydrogens (tertiary/aromatic N) is 1. The number of ether oxygens (including phenoxy) is 2. The lowest BCUT2D eigenvalue weighted by atomic mass is 9.54. The van der Waals surface area contributed by atoms with Gasteiger partial charge in [0.15, 0.2) is 12.2 Å². The Bertz CT molecular complexity index is 1140. The summed E-state index contributed by atoms with van der Waals surface area (Å²) >= 11 is 0. The number of alkyl halides is 3. The first kappa shape index (κ1) is 32.2. The van der Waals surface area contributed by atoms with E-state index in [0.29, 0.717) is 24.3 Å². The zero-order valence-electron chi connectivity index (χ0n) is 21.0. The van der Waals surface area contributed by atoms with Crippen LogP contribution in [0.15, 0.2) is 24.0 Å². The highest BCUT2D eigenvalue weighted by Gasteiger charge is 2.69. The Balaban J connectivity index is 0.000000687. The second kappa shape index (κ2) is 11.6. The third-order valence-electron chi connectivity index (χ3n) is 7.61. The standard InChI is InChI=1S/C23H29NO8.C2HF3O.CH4/c1-12-4-5-14(11-25)19-18(12)22-8-9-24(3)13(2)23(22,30)7-6-16(20(22)32-19)31-17(27)10-15(26)21(28)29;3-2(4,5)1-6;/h4-6,13,15,20,25-26,30H,7-11H2,1-3H3,(H,28,29);1H;1H4/t13-,15-,20+,22+,23-;;/m1../s1. The van der Waals surface area contributed by atoms with Gasteiger partial charge in [0.1, 0.15) is 11.5 Å². The molecule has 1 aromatic rings. The van der Waals surface area contributed by atoms with E-state index in [4.69, 9.17) is 19.4 Å². The normalized spacial score (nSPS) is 28.1. The summed E-state index contributed by atoms with van der Waals surface area (Å²) in [5, 5.41) is 40.4. The van der Waals surface area contributed by atoms with Gasteiger partial charge in [0.25, 0.3) is 0 Å². The van der Waals surface area contributed by atoms with Crippen molar-refractivity contribution >= 4 is 18.2 Å². The summed E-state index contributed by atoms with van der Waals surface area (Å²) in [6.45, 7) is 4.31. The number of carbonyl (C=O) groups excluding carboxylic acids is 2. The fraction of sp³-hybridized carbons (Fsp3) is 0.577. The van der Waals surface area contributed by atoms with E-state index in [2.05, 4.69) is 4.90 Å². The summed E-state index contributed by atoms with van der Waals surface area (Å²) < 4.78 is 43.1. The van der Waals surface area contributed by atoms with Crippen molar-refractivity contribution in [3.8, 4) is 5.75 Å². The number of aliphatic hydroxyl groups excluding tert-OH is 2. The van der Waals surface area contributed by atoms with E-state index >= 15 is 0 Å². The molecule has 39 heavy (non-hydrogen) atoms. The molecule has 10 nitrogen and oxygen atoms in total. The molecule has 2 aliphatic heterocycles. The highest BCUT2D eigenvalue weighted by atomic mass is 19.4. The maximum atomic E-state index is 12.4. The Hall–Kier alpha value is -3.00. The Morgan fingerprint density at radius 1 is 1.33 bits per heavy atom. The minimum Gasteiger partial charge on any atom is -0.481 e. The van der Waals surface area contributed by atoms with E-state index in [1.54, 1.807) is 12.1 Å². The molecule has 4 N–H and O–H groups in total. The van der Waals surface area contributed by atoms with Crippen molar-refractivity contribution in [3.63, 3.8) is 0 Å². The quantitative estimate of drug-likeness (QED) is 0.310. The largest absolute Gasteiger partial charge is 0.481 e. The Kier molecular flexibility index (Phi) is 9.60. The number of benzene rings is 1. The van der Waals surface area contributed by atoms with E-state index in [-0.39, 0.29) is 32.3 Å². The van der Waals surface area contributed by atoms with Gasteiger partial charge in [0, 0.05) is 23.6 Å². The first-order valence-electron chi connectivity index (χ1n) is 11.8. The van der Waals surface area contributed by atoms with Crippen LogP contribution in [0.3, 0.4) is 0 Å². The third-order valence-corrected chi connectivity index (χ3v) is 7.61. The number of hydrogen-bond acceptors (Lipinski definition) is 9. The number of carboxylic acids is 1. The smallest absolute Gasteiger partial charge is 0.446 e. The van der Waals surface area contributed by atoms with Gasteiger partial charge in [-0.25, -0.2) is 4.79 Å². The zero-order chi connectivity index (χ0) is 28.6. The number of likely N-dealkylation sites (N-methyl/N-ethyl adjacent to an activating group) is 1. The third kappa shape index (κ3) is 5.67. The lowest BCUT2D eigenvalue weighted by Crippen LogP contribution is -2.71. The molecule has 218 valence electrons. The van der Waals surface area contributed by atoms with Crippen LogP contribution in [-0.2, 0) is 31.1 Å². The van der Waals surface area contributed by atoms with Crippen molar-refractivity contribution in [2.24, 2.45) is 0 Å². The van der Waals surface area contributed by atoms with Crippen LogP contribution in [0.25, 0.3) is 0 Å². The molecule has 2 heterocycles. The molecule has 13 heteroatoms. The predicted octanol–water partition coefficient (Wildman–Crippen LogP) is 1.99. The van der Waals surface area contributed by atoms with Crippen LogP contribution in [-0.4, -0.2) is 87.2 Å². The van der Waals surface area contributed by atoms with Crippen LogP contribution < -0.4 is 4.74 Å². The first-order valence-corrected chi connectivity index (χ1v) is 11.8. The minimum absolute atomic E-state index is 0. The topological polar surface area (TPSA) is 154 Å². The van der Waals surface area contributed by atoms with Crippen LogP contribution in [0, 0.1) is 6.92 Å². The number of carboxylic acid groups (broad SMARTS) is 1. The van der Waals surface area contributed by atoms with E-state index < -0.39 is 54.0 Å². The molecule has 0 radical (unpaired) electrons. The van der Waals surface area contributed by atoms with Gasteiger partial charge in [-0.1, -0.05) is 19.6 Å². The van der Waals surface area contributed by atoms with Crippen molar-refractivity contribution in [1.82, 2.24) is 4.90 Å². The van der Waals surface area contributed by atoms with Gasteiger partial charge in [-0.3, -0.25) is 9.59 Å². The summed E-state index contributed by atoms with van der Waals surface area (Å²) in [5.74, 6) is -1.73. The fourth-order valence-corrected chi connectivity index (χ4v) is 5.62. The number of rotatable bonds is 5. The Morgan fingerprint density at radius 2 is 1.95 bits per heavy atom. The molecule has 1 saturated heterocycles. The van der Waals surface area contributed by atoms with Crippen molar-refractivity contribution in [2.45, 2.75) is 82.6 Å². The maximum absolute atomic E-state index is 12.4. The van der Waals surface area contributed by atoms with Gasteiger partial charge in [0.2, 0.25) is 6.29 Å². The number of fused-ring (bicyclic) bond motifs is 1. The fourth-order valence-electron chi connectivity index (χ4n) is 5.62. The molecule has 5 atom stereocenters. The molecule has 1 aliphatic carbocycles. The number of aliphatic carboxylic acids is 1. The molecular weight excluding hydrogens is 527 g/mol. The Morgan fingerprint density at radius 3 is 2.49 bits per heavy atom. The lowest BCUT2D eigenvalue weighted by Gasteiger charge is -2.58. The van der Waals surface area contributed by atoms with Gasteiger partial charge in [-0.15, -0.1) is 0 Å². The van der Waals surface area contributed by atoms with Crippen molar-refractivity contribution in [3.05, 3.63) is 40.7 Å². The second-order valence-corrected chi connectivity index (χ2v) is 9.71. The predicted molar refractivity (Wildman–Crippen MR) is 131 cm³/mol. The van der Waals surface area contributed by atoms with E-state index in [1.165, 1.54) is 0 Å². The molecule has 0 amide bonds. The van der Waals surface area contributed by atoms with Crippen LogP contribution in [0.2, 0.25) is 0 Å². The van der Waals surface area contributed by atoms with Gasteiger partial charge in [-0.05, 0) is 45.5 Å². The molecule has 4 rings (SSSR count). The van der Waals surface area contributed by atoms with Crippen molar-refractivity contribution in [2.75, 3.05) is 13.6 Å². The van der Waals surface area contributed by atoms with Gasteiger partial charge in [0.05, 0.1) is 24.0 Å². The molecule has 0 aromatic heterocycles. The number of halogens is 3. The lowest BCUT2D eigenvalue weighted by molar-refractivity contribution is -0.164. The minimum atomic E-state index is -4.64. The number of aryl methyl sites for hydroxylation is 1. The number of aliphatic hydroxyl groups is 3. The van der Waals surface area contributed by atoms with E-state index in [9.17, 15) is 38.1 Å². The number of likely N-dealkylation sites (tertiary alicyclic amines) is 1. The number of carbonyl (C=O) groups is 3. The van der Waals surface area contributed by atoms with Crippen molar-refractivity contribution in [1.29, 1.82) is 0 Å². The number of aldehydes is 1. The summed E-state index contributed by atoms with van der Waals surface area (Å²) in [6.07, 6.45) is -6.76. The van der Waals surface area contributed by atoms with Crippen LogP contribution in [0.4, 0.5) is 13.2 Å². The van der Waals surface area contributed by atoms with E-state index in [0.717, 1.165) is 11.1 Å². The van der Waals surface area contributed by atoms with Crippen molar-refractivity contribution < 1.29 is 57.5 Å². The highest BCUT2D eigenvalue weighted by Crippen LogP contribution is 2.61. The summed E-state index contributed by atoms with van der Waals surface area (Å²) in [5.41, 5.74) is 0.146. The Labute approximate surface area is 223 Å². The first-order chi connectivity index (χ1) is 17.6. The molecule has 1 spiro atoms. The average Bonchev–Trinajstić information content (AvgIpc) is 3.21. The number of esters is 1. The number of hydrogen-bond donors (Lipinski definition) is 4. The molecule has 0 saturated carbocycles. The average molecular weight is 562 g/mol. The molecule has 3 aliphatic rings. The molecular formula is C26H34F3NO9. The van der Waals surface area contributed by atoms with E-state index in [1.807, 2.05) is 27.0 Å². The van der Waals surface area contributed by atoms with Crippen LogP contribution in [0.1, 0.15) is 50.3 Å².